The number of aromatic nitrogens is 4. The van der Waals surface area contributed by atoms with Gasteiger partial charge in [0.2, 0.25) is 5.16 Å². The second-order valence-corrected chi connectivity index (χ2v) is 5.52. The number of hydrogen-bond donors (Lipinski definition) is 1. The molecule has 0 radical (unpaired) electrons. The smallest absolute Gasteiger partial charge is 0.209 e. The molecule has 0 bridgehead atoms. The fourth-order valence-corrected chi connectivity index (χ4v) is 2.56. The average Bonchev–Trinajstić information content (AvgIpc) is 2.81. The molecule has 2 aromatic rings. The fourth-order valence-electron chi connectivity index (χ4n) is 1.57. The highest BCUT2D eigenvalue weighted by Gasteiger charge is 2.02. The van der Waals surface area contributed by atoms with Crippen LogP contribution in [0, 0.1) is 0 Å². The number of nitrogens with zero attached hydrogens (tertiary/aromatic N) is 4. The van der Waals surface area contributed by atoms with E-state index in [9.17, 15) is 0 Å². The van der Waals surface area contributed by atoms with Crippen molar-refractivity contribution in [2.24, 2.45) is 7.05 Å². The lowest BCUT2D eigenvalue weighted by atomic mass is 10.2. The van der Waals surface area contributed by atoms with Crippen molar-refractivity contribution in [3.05, 3.63) is 34.9 Å². The molecule has 0 atom stereocenters. The van der Waals surface area contributed by atoms with Crippen molar-refractivity contribution >= 4 is 23.4 Å². The van der Waals surface area contributed by atoms with Crippen LogP contribution in [0.5, 0.6) is 0 Å². The summed E-state index contributed by atoms with van der Waals surface area (Å²) in [6.45, 7) is 1.75. The van der Waals surface area contributed by atoms with Gasteiger partial charge in [-0.2, -0.15) is 0 Å². The lowest BCUT2D eigenvalue weighted by Crippen LogP contribution is -2.15. The Balaban J connectivity index is 1.60. The van der Waals surface area contributed by atoms with Crippen molar-refractivity contribution in [1.29, 1.82) is 0 Å². The molecular weight excluding hydrogens is 282 g/mol. The molecule has 0 spiro atoms. The molecule has 0 aliphatic carbocycles. The number of benzene rings is 1. The third-order valence-corrected chi connectivity index (χ3v) is 4.05. The number of hydrogen-bond acceptors (Lipinski definition) is 5. The summed E-state index contributed by atoms with van der Waals surface area (Å²) in [5, 5.41) is 16.4. The van der Waals surface area contributed by atoms with Crippen molar-refractivity contribution in [2.45, 2.75) is 18.1 Å². The summed E-state index contributed by atoms with van der Waals surface area (Å²) < 4.78 is 1.68. The molecule has 0 saturated heterocycles. The minimum atomic E-state index is 0.801. The molecule has 0 unspecified atom stereocenters. The summed E-state index contributed by atoms with van der Waals surface area (Å²) in [6, 6.07) is 7.89. The summed E-state index contributed by atoms with van der Waals surface area (Å²) in [7, 11) is 1.85. The van der Waals surface area contributed by atoms with E-state index in [2.05, 4.69) is 20.8 Å². The Hall–Kier alpha value is -1.11. The molecule has 7 heteroatoms. The lowest BCUT2D eigenvalue weighted by molar-refractivity contribution is 0.661. The number of thioether (sulfide) groups is 1. The largest absolute Gasteiger partial charge is 0.313 e. The summed E-state index contributed by atoms with van der Waals surface area (Å²) in [5.74, 6) is 0.990. The van der Waals surface area contributed by atoms with Crippen molar-refractivity contribution in [3.63, 3.8) is 0 Å². The van der Waals surface area contributed by atoms with E-state index in [1.165, 1.54) is 0 Å². The number of aryl methyl sites for hydroxylation is 1. The molecule has 5 nitrogen and oxygen atoms in total. The second kappa shape index (κ2) is 7.47. The van der Waals surface area contributed by atoms with Gasteiger partial charge in [-0.15, -0.1) is 5.10 Å². The average molecular weight is 298 g/mol. The fraction of sp³-hybridized carbons (Fsp3) is 0.417. The van der Waals surface area contributed by atoms with Crippen molar-refractivity contribution < 1.29 is 0 Å². The van der Waals surface area contributed by atoms with Gasteiger partial charge in [-0.3, -0.25) is 0 Å². The molecule has 0 aliphatic rings. The molecule has 0 aliphatic heterocycles. The zero-order valence-corrected chi connectivity index (χ0v) is 12.3. The Bertz CT molecular complexity index is 516. The van der Waals surface area contributed by atoms with Crippen molar-refractivity contribution in [3.8, 4) is 0 Å². The molecule has 0 saturated carbocycles. The van der Waals surface area contributed by atoms with Gasteiger partial charge in [-0.05, 0) is 35.0 Å². The van der Waals surface area contributed by atoms with E-state index in [4.69, 9.17) is 11.6 Å². The first-order valence-electron chi connectivity index (χ1n) is 6.06. The van der Waals surface area contributed by atoms with E-state index >= 15 is 0 Å². The van der Waals surface area contributed by atoms with Gasteiger partial charge < -0.3 is 5.32 Å². The maximum absolute atomic E-state index is 6.08. The molecule has 19 heavy (non-hydrogen) atoms. The van der Waals surface area contributed by atoms with Crippen LogP contribution in [0.3, 0.4) is 0 Å². The third-order valence-electron chi connectivity index (χ3n) is 2.58. The summed E-state index contributed by atoms with van der Waals surface area (Å²) in [5.41, 5.74) is 1.13. The third kappa shape index (κ3) is 4.49. The van der Waals surface area contributed by atoms with E-state index in [0.717, 1.165) is 41.0 Å². The highest BCUT2D eigenvalue weighted by Crippen LogP contribution is 2.15. The molecule has 0 fully saturated rings. The topological polar surface area (TPSA) is 55.6 Å². The normalized spacial score (nSPS) is 10.8. The highest BCUT2D eigenvalue weighted by molar-refractivity contribution is 7.99. The Kier molecular flexibility index (Phi) is 5.62. The monoisotopic (exact) mass is 297 g/mol. The summed E-state index contributed by atoms with van der Waals surface area (Å²) in [4.78, 5) is 0. The van der Waals surface area contributed by atoms with Gasteiger partial charge in [-0.1, -0.05) is 41.6 Å². The molecule has 2 rings (SSSR count). The Morgan fingerprint density at radius 1 is 1.37 bits per heavy atom. The minimum absolute atomic E-state index is 0.801. The summed E-state index contributed by atoms with van der Waals surface area (Å²) >= 11 is 7.74. The summed E-state index contributed by atoms with van der Waals surface area (Å²) in [6.07, 6.45) is 1.06. The van der Waals surface area contributed by atoms with Gasteiger partial charge in [0, 0.05) is 24.4 Å². The van der Waals surface area contributed by atoms with Gasteiger partial charge in [-0.25, -0.2) is 4.68 Å². The maximum Gasteiger partial charge on any atom is 0.209 e. The first-order valence-corrected chi connectivity index (χ1v) is 7.43. The number of halogens is 1. The van der Waals surface area contributed by atoms with Gasteiger partial charge >= 0.3 is 0 Å². The molecule has 1 aromatic heterocycles. The Morgan fingerprint density at radius 2 is 2.21 bits per heavy atom. The molecule has 0 amide bonds. The molecular formula is C12H16ClN5S. The molecule has 1 N–H and O–H groups in total. The van der Waals surface area contributed by atoms with Crippen LogP contribution >= 0.6 is 23.4 Å². The van der Waals surface area contributed by atoms with Gasteiger partial charge in [0.05, 0.1) is 0 Å². The standard InChI is InChI=1S/C12H16ClN5S/c1-18-12(15-16-17-18)19-8-4-7-14-9-10-5-2-3-6-11(10)13/h2-3,5-6,14H,4,7-9H2,1H3. The van der Waals surface area contributed by atoms with Crippen LogP contribution in [0.2, 0.25) is 5.02 Å². The Labute approximate surface area is 121 Å². The van der Waals surface area contributed by atoms with Crippen LogP contribution in [0.25, 0.3) is 0 Å². The van der Waals surface area contributed by atoms with Crippen molar-refractivity contribution in [1.82, 2.24) is 25.5 Å². The van der Waals surface area contributed by atoms with Crippen LogP contribution in [-0.4, -0.2) is 32.5 Å². The maximum atomic E-state index is 6.08. The number of nitrogens with one attached hydrogen (secondary N) is 1. The zero-order chi connectivity index (χ0) is 13.5. The second-order valence-electron chi connectivity index (χ2n) is 4.06. The molecule has 102 valence electrons. The van der Waals surface area contributed by atoms with E-state index in [1.54, 1.807) is 16.4 Å². The van der Waals surface area contributed by atoms with Crippen LogP contribution in [0.4, 0.5) is 0 Å². The first-order chi connectivity index (χ1) is 9.27. The number of tetrazole rings is 1. The van der Waals surface area contributed by atoms with Crippen LogP contribution in [0.15, 0.2) is 29.4 Å². The highest BCUT2D eigenvalue weighted by atomic mass is 35.5. The minimum Gasteiger partial charge on any atom is -0.313 e. The van der Waals surface area contributed by atoms with Crippen molar-refractivity contribution in [2.75, 3.05) is 12.3 Å². The van der Waals surface area contributed by atoms with E-state index in [1.807, 2.05) is 31.3 Å². The number of rotatable bonds is 7. The van der Waals surface area contributed by atoms with E-state index in [-0.39, 0.29) is 0 Å². The first kappa shape index (κ1) is 14.3. The predicted molar refractivity (Wildman–Crippen MR) is 77.3 cm³/mol. The zero-order valence-electron chi connectivity index (χ0n) is 10.7. The SMILES string of the molecule is Cn1nnnc1SCCCNCc1ccccc1Cl. The van der Waals surface area contributed by atoms with Gasteiger partial charge in [0.25, 0.3) is 0 Å². The van der Waals surface area contributed by atoms with Crippen LogP contribution < -0.4 is 5.32 Å². The van der Waals surface area contributed by atoms with E-state index in [0.29, 0.717) is 0 Å². The Morgan fingerprint density at radius 3 is 2.95 bits per heavy atom. The molecule has 1 heterocycles. The van der Waals surface area contributed by atoms with Crippen LogP contribution in [-0.2, 0) is 13.6 Å². The quantitative estimate of drug-likeness (QED) is 0.627. The lowest BCUT2D eigenvalue weighted by Gasteiger charge is -2.06. The molecule has 1 aromatic carbocycles. The van der Waals surface area contributed by atoms with Crippen LogP contribution in [0.1, 0.15) is 12.0 Å². The van der Waals surface area contributed by atoms with Gasteiger partial charge in [0.1, 0.15) is 0 Å². The van der Waals surface area contributed by atoms with E-state index < -0.39 is 0 Å². The predicted octanol–water partition coefficient (Wildman–Crippen LogP) is 2.14. The van der Waals surface area contributed by atoms with Gasteiger partial charge in [0.15, 0.2) is 0 Å².